The van der Waals surface area contributed by atoms with Crippen molar-refractivity contribution in [1.82, 2.24) is 9.80 Å². The van der Waals surface area contributed by atoms with Gasteiger partial charge in [0, 0.05) is 32.2 Å². The number of piperidine rings is 1. The average Bonchev–Trinajstić information content (AvgIpc) is 2.77. The smallest absolute Gasteiger partial charge is 0.410 e. The number of benzene rings is 2. The van der Waals surface area contributed by atoms with Gasteiger partial charge in [0.2, 0.25) is 0 Å². The number of hydrogen-bond donors (Lipinski definition) is 0. The average molecular weight is 334 g/mol. The van der Waals surface area contributed by atoms with Crippen molar-refractivity contribution < 1.29 is 9.53 Å². The summed E-state index contributed by atoms with van der Waals surface area (Å²) in [4.78, 5) is 17.1. The molecule has 2 aromatic rings. The van der Waals surface area contributed by atoms with Crippen LogP contribution in [0.4, 0.5) is 4.79 Å². The normalized spacial score (nSPS) is 23.8. The van der Waals surface area contributed by atoms with Crippen LogP contribution < -0.4 is 4.74 Å². The number of nitrogens with zero attached hydrogens (tertiary/aromatic N) is 2. The minimum atomic E-state index is -0.191. The number of ether oxygens (including phenoxy) is 1. The van der Waals surface area contributed by atoms with Crippen molar-refractivity contribution in [3.8, 4) is 16.9 Å². The van der Waals surface area contributed by atoms with Gasteiger partial charge < -0.3 is 14.5 Å². The van der Waals surface area contributed by atoms with Crippen molar-refractivity contribution in [2.24, 2.45) is 0 Å². The van der Waals surface area contributed by atoms with E-state index < -0.39 is 0 Å². The van der Waals surface area contributed by atoms with Crippen molar-refractivity contribution in [3.63, 3.8) is 0 Å². The maximum absolute atomic E-state index is 12.7. The van der Waals surface area contributed by atoms with Crippen LogP contribution in [-0.2, 0) is 6.42 Å². The second-order valence-corrected chi connectivity index (χ2v) is 7.29. The molecule has 1 amide bonds. The molecule has 128 valence electrons. The summed E-state index contributed by atoms with van der Waals surface area (Å²) in [5.74, 6) is 0.663. The van der Waals surface area contributed by atoms with Gasteiger partial charge >= 0.3 is 6.09 Å². The SMILES string of the molecule is O=C(Oc1ccc2c(c1)Cc1ccccc1-2)N1CCN2CCC1CC2. The van der Waals surface area contributed by atoms with E-state index in [0.717, 1.165) is 45.4 Å². The molecule has 4 heteroatoms. The zero-order valence-electron chi connectivity index (χ0n) is 14.3. The molecule has 6 rings (SSSR count). The summed E-state index contributed by atoms with van der Waals surface area (Å²) in [6.45, 7) is 3.95. The summed E-state index contributed by atoms with van der Waals surface area (Å²) < 4.78 is 5.75. The lowest BCUT2D eigenvalue weighted by Gasteiger charge is -2.30. The first kappa shape index (κ1) is 15.0. The summed E-state index contributed by atoms with van der Waals surface area (Å²) in [7, 11) is 0. The van der Waals surface area contributed by atoms with Gasteiger partial charge in [-0.2, -0.15) is 0 Å². The minimum Gasteiger partial charge on any atom is -0.410 e. The Morgan fingerprint density at radius 2 is 1.72 bits per heavy atom. The van der Waals surface area contributed by atoms with Crippen LogP contribution in [0.25, 0.3) is 11.1 Å². The Bertz CT molecular complexity index is 824. The molecule has 3 fully saturated rings. The van der Waals surface area contributed by atoms with Gasteiger partial charge in [-0.3, -0.25) is 0 Å². The fraction of sp³-hybridized carbons (Fsp3) is 0.381. The van der Waals surface area contributed by atoms with Crippen LogP contribution in [0.2, 0.25) is 0 Å². The molecule has 0 aromatic heterocycles. The molecular formula is C21H22N2O2. The van der Waals surface area contributed by atoms with Gasteiger partial charge in [0.25, 0.3) is 0 Å². The van der Waals surface area contributed by atoms with Gasteiger partial charge in [-0.15, -0.1) is 0 Å². The molecule has 0 unspecified atom stereocenters. The minimum absolute atomic E-state index is 0.191. The molecule has 4 nitrogen and oxygen atoms in total. The number of fused-ring (bicyclic) bond motifs is 7. The lowest BCUT2D eigenvalue weighted by molar-refractivity contribution is 0.131. The van der Waals surface area contributed by atoms with Crippen LogP contribution in [0.1, 0.15) is 24.0 Å². The van der Waals surface area contributed by atoms with Crippen LogP contribution in [-0.4, -0.2) is 48.1 Å². The first-order chi connectivity index (χ1) is 12.3. The molecular weight excluding hydrogens is 312 g/mol. The van der Waals surface area contributed by atoms with E-state index in [1.165, 1.54) is 22.3 Å². The fourth-order valence-corrected chi connectivity index (χ4v) is 4.47. The highest BCUT2D eigenvalue weighted by Crippen LogP contribution is 2.38. The lowest BCUT2D eigenvalue weighted by Crippen LogP contribution is -2.43. The third-order valence-corrected chi connectivity index (χ3v) is 5.86. The molecule has 0 atom stereocenters. The van der Waals surface area contributed by atoms with E-state index in [1.807, 2.05) is 17.0 Å². The Balaban J connectivity index is 1.35. The molecule has 0 radical (unpaired) electrons. The predicted molar refractivity (Wildman–Crippen MR) is 96.9 cm³/mol. The second-order valence-electron chi connectivity index (χ2n) is 7.29. The van der Waals surface area contributed by atoms with E-state index >= 15 is 0 Å². The summed E-state index contributed by atoms with van der Waals surface area (Å²) in [5, 5.41) is 0. The lowest BCUT2D eigenvalue weighted by atomic mass is 10.1. The molecule has 2 aromatic carbocycles. The number of rotatable bonds is 1. The van der Waals surface area contributed by atoms with Crippen molar-refractivity contribution in [1.29, 1.82) is 0 Å². The van der Waals surface area contributed by atoms with Crippen molar-refractivity contribution in [2.75, 3.05) is 26.2 Å². The number of amides is 1. The topological polar surface area (TPSA) is 32.8 Å². The van der Waals surface area contributed by atoms with Gasteiger partial charge in [-0.1, -0.05) is 30.3 Å². The van der Waals surface area contributed by atoms with Crippen LogP contribution >= 0.6 is 0 Å². The summed E-state index contributed by atoms with van der Waals surface area (Å²) in [6.07, 6.45) is 2.85. The molecule has 1 aliphatic carbocycles. The fourth-order valence-electron chi connectivity index (χ4n) is 4.47. The second kappa shape index (κ2) is 5.88. The van der Waals surface area contributed by atoms with Crippen molar-refractivity contribution in [2.45, 2.75) is 25.3 Å². The highest BCUT2D eigenvalue weighted by Gasteiger charge is 2.33. The van der Waals surface area contributed by atoms with Gasteiger partial charge in [0.1, 0.15) is 5.75 Å². The van der Waals surface area contributed by atoms with Crippen LogP contribution in [0.3, 0.4) is 0 Å². The van der Waals surface area contributed by atoms with Crippen LogP contribution in [0.15, 0.2) is 42.5 Å². The molecule has 25 heavy (non-hydrogen) atoms. The predicted octanol–water partition coefficient (Wildman–Crippen LogP) is 3.54. The summed E-state index contributed by atoms with van der Waals surface area (Å²) in [6, 6.07) is 14.9. The molecule has 3 heterocycles. The van der Waals surface area contributed by atoms with E-state index in [4.69, 9.17) is 4.74 Å². The monoisotopic (exact) mass is 334 g/mol. The zero-order valence-corrected chi connectivity index (χ0v) is 14.3. The molecule has 4 aliphatic rings. The summed E-state index contributed by atoms with van der Waals surface area (Å²) >= 11 is 0. The maximum atomic E-state index is 12.7. The van der Waals surface area contributed by atoms with Gasteiger partial charge in [0.15, 0.2) is 0 Å². The molecule has 2 bridgehead atoms. The van der Waals surface area contributed by atoms with E-state index in [9.17, 15) is 4.79 Å². The Morgan fingerprint density at radius 3 is 2.60 bits per heavy atom. The molecule has 0 N–H and O–H groups in total. The standard InChI is InChI=1S/C21H22N2O2/c24-21(23-12-11-22-9-7-17(23)8-10-22)25-18-5-6-20-16(14-18)13-15-3-1-2-4-19(15)20/h1-6,14,17H,7-13H2. The van der Waals surface area contributed by atoms with Gasteiger partial charge in [-0.05, 0) is 53.6 Å². The maximum Gasteiger partial charge on any atom is 0.415 e. The first-order valence-electron chi connectivity index (χ1n) is 9.20. The third-order valence-electron chi connectivity index (χ3n) is 5.86. The number of carbonyl (C=O) groups is 1. The Kier molecular flexibility index (Phi) is 3.52. The first-order valence-corrected chi connectivity index (χ1v) is 9.20. The van der Waals surface area contributed by atoms with E-state index in [2.05, 4.69) is 35.2 Å². The van der Waals surface area contributed by atoms with Crippen LogP contribution in [0.5, 0.6) is 5.75 Å². The van der Waals surface area contributed by atoms with E-state index in [-0.39, 0.29) is 6.09 Å². The van der Waals surface area contributed by atoms with E-state index in [0.29, 0.717) is 11.8 Å². The molecule has 3 aliphatic heterocycles. The molecule has 0 saturated carbocycles. The number of hydrogen-bond acceptors (Lipinski definition) is 3. The molecule has 0 spiro atoms. The Labute approximate surface area is 148 Å². The number of carbonyl (C=O) groups excluding carboxylic acids is 1. The zero-order chi connectivity index (χ0) is 16.8. The Hall–Kier alpha value is -2.33. The van der Waals surface area contributed by atoms with Crippen molar-refractivity contribution >= 4 is 6.09 Å². The van der Waals surface area contributed by atoms with Crippen molar-refractivity contribution in [3.05, 3.63) is 53.6 Å². The van der Waals surface area contributed by atoms with Gasteiger partial charge in [-0.25, -0.2) is 4.79 Å². The summed E-state index contributed by atoms with van der Waals surface area (Å²) in [5.41, 5.74) is 5.15. The molecule has 3 saturated heterocycles. The van der Waals surface area contributed by atoms with Gasteiger partial charge in [0.05, 0.1) is 0 Å². The Morgan fingerprint density at radius 1 is 0.920 bits per heavy atom. The third kappa shape index (κ3) is 2.61. The highest BCUT2D eigenvalue weighted by molar-refractivity contribution is 5.78. The largest absolute Gasteiger partial charge is 0.415 e. The van der Waals surface area contributed by atoms with Crippen LogP contribution in [0, 0.1) is 0 Å². The highest BCUT2D eigenvalue weighted by atomic mass is 16.6. The van der Waals surface area contributed by atoms with E-state index in [1.54, 1.807) is 0 Å². The quantitative estimate of drug-likeness (QED) is 0.682.